The minimum atomic E-state index is -0.814. The van der Waals surface area contributed by atoms with Gasteiger partial charge in [-0.1, -0.05) is 39.7 Å². The molecule has 0 bridgehead atoms. The van der Waals surface area contributed by atoms with Crippen molar-refractivity contribution in [1.29, 1.82) is 0 Å². The van der Waals surface area contributed by atoms with E-state index in [9.17, 15) is 24.0 Å². The Hall–Kier alpha value is -5.87. The second-order valence-corrected chi connectivity index (χ2v) is 11.5. The summed E-state index contributed by atoms with van der Waals surface area (Å²) in [6.45, 7) is 1.36. The third kappa shape index (κ3) is 6.87. The number of esters is 2. The van der Waals surface area contributed by atoms with Gasteiger partial charge in [-0.15, -0.1) is 0 Å². The number of nitrogens with zero attached hydrogens (tertiary/aromatic N) is 1. The first kappa shape index (κ1) is 31.1. The molecule has 0 aliphatic carbocycles. The van der Waals surface area contributed by atoms with E-state index in [1.165, 1.54) is 60.7 Å². The monoisotopic (exact) mass is 689 g/mol. The van der Waals surface area contributed by atoms with Crippen LogP contribution in [-0.2, 0) is 4.74 Å². The fourth-order valence-electron chi connectivity index (χ4n) is 4.79. The number of Topliss-reactive ketones (excluding diaryl/α,β-unsaturated/α-hetero) is 1. The molecule has 47 heavy (non-hydrogen) atoms. The van der Waals surface area contributed by atoms with Gasteiger partial charge in [0.25, 0.3) is 11.8 Å². The van der Waals surface area contributed by atoms with Gasteiger partial charge >= 0.3 is 11.9 Å². The van der Waals surface area contributed by atoms with Gasteiger partial charge in [-0.05, 0) is 104 Å². The van der Waals surface area contributed by atoms with Crippen LogP contribution in [-0.4, -0.2) is 36.1 Å². The van der Waals surface area contributed by atoms with Crippen LogP contribution in [0.4, 0.5) is 5.69 Å². The first-order valence-electron chi connectivity index (χ1n) is 14.3. The van der Waals surface area contributed by atoms with Crippen LogP contribution >= 0.6 is 15.9 Å². The Labute approximate surface area is 277 Å². The lowest BCUT2D eigenvalue weighted by Gasteiger charge is -2.14. The van der Waals surface area contributed by atoms with Gasteiger partial charge in [-0.25, -0.2) is 14.5 Å². The molecular weight excluding hydrogens is 666 g/mol. The van der Waals surface area contributed by atoms with Crippen molar-refractivity contribution in [2.45, 2.75) is 6.92 Å². The van der Waals surface area contributed by atoms with Gasteiger partial charge in [-0.3, -0.25) is 14.4 Å². The highest BCUT2D eigenvalue weighted by Crippen LogP contribution is 2.33. The average molecular weight is 691 g/mol. The Morgan fingerprint density at radius 1 is 0.638 bits per heavy atom. The zero-order valence-corrected chi connectivity index (χ0v) is 26.4. The number of carbonyl (C=O) groups excluding carboxylic acids is 5. The molecule has 6 rings (SSSR count). The van der Waals surface area contributed by atoms with Gasteiger partial charge < -0.3 is 14.2 Å². The molecule has 1 aliphatic rings. The van der Waals surface area contributed by atoms with Crippen molar-refractivity contribution < 1.29 is 38.2 Å². The Morgan fingerprint density at radius 3 is 2.00 bits per heavy atom. The normalized spacial score (nSPS) is 12.0. The van der Waals surface area contributed by atoms with Gasteiger partial charge in [0.15, 0.2) is 12.4 Å². The fourth-order valence-corrected chi connectivity index (χ4v) is 5.06. The molecule has 5 aromatic carbocycles. The lowest BCUT2D eigenvalue weighted by Crippen LogP contribution is -2.29. The molecule has 1 heterocycles. The summed E-state index contributed by atoms with van der Waals surface area (Å²) >= 11 is 3.37. The molecule has 0 radical (unpaired) electrons. The van der Waals surface area contributed by atoms with E-state index >= 15 is 0 Å². The van der Waals surface area contributed by atoms with Gasteiger partial charge in [-0.2, -0.15) is 0 Å². The third-order valence-corrected chi connectivity index (χ3v) is 7.78. The molecule has 0 N–H and O–H groups in total. The first-order chi connectivity index (χ1) is 22.7. The van der Waals surface area contributed by atoms with E-state index in [0.717, 1.165) is 14.9 Å². The lowest BCUT2D eigenvalue weighted by atomic mass is 10.1. The number of ketones is 1. The van der Waals surface area contributed by atoms with Crippen LogP contribution in [0.15, 0.2) is 120 Å². The third-order valence-electron chi connectivity index (χ3n) is 7.26. The number of imide groups is 1. The topological polar surface area (TPSA) is 116 Å². The molecule has 0 unspecified atom stereocenters. The standard InChI is InChI=1S/C37H24BrNO8/c1-22-5-7-24(8-6-22)37(44)47-29-13-9-23(10-14-29)33(40)21-45-36(43)25-3-2-4-27(19-25)39-34(41)31-18-17-30(20-32(31)35(39)42)46-28-15-11-26(38)12-16-28/h2-20H,21H2,1H3. The van der Waals surface area contributed by atoms with Crippen molar-refractivity contribution in [2.75, 3.05) is 11.5 Å². The second-order valence-electron chi connectivity index (χ2n) is 10.5. The van der Waals surface area contributed by atoms with E-state index in [-0.39, 0.29) is 33.7 Å². The minimum Gasteiger partial charge on any atom is -0.457 e. The summed E-state index contributed by atoms with van der Waals surface area (Å²) < 4.78 is 17.3. The quantitative estimate of drug-likeness (QED) is 0.0672. The van der Waals surface area contributed by atoms with Crippen molar-refractivity contribution >= 4 is 51.2 Å². The number of fused-ring (bicyclic) bond motifs is 1. The second kappa shape index (κ2) is 13.2. The van der Waals surface area contributed by atoms with Gasteiger partial charge in [0.1, 0.15) is 17.2 Å². The highest BCUT2D eigenvalue weighted by molar-refractivity contribution is 9.10. The maximum Gasteiger partial charge on any atom is 0.343 e. The SMILES string of the molecule is Cc1ccc(C(=O)Oc2ccc(C(=O)COC(=O)c3cccc(N4C(=O)c5ccc(Oc6ccc(Br)cc6)cc5C4=O)c3)cc2)cc1. The fraction of sp³-hybridized carbons (Fsp3) is 0.0541. The highest BCUT2D eigenvalue weighted by Gasteiger charge is 2.37. The summed E-state index contributed by atoms with van der Waals surface area (Å²) in [5.41, 5.74) is 2.24. The highest BCUT2D eigenvalue weighted by atomic mass is 79.9. The smallest absolute Gasteiger partial charge is 0.343 e. The van der Waals surface area contributed by atoms with Gasteiger partial charge in [0.2, 0.25) is 0 Å². The molecule has 0 aromatic heterocycles. The Balaban J connectivity index is 1.08. The number of benzene rings is 5. The zero-order chi connectivity index (χ0) is 33.1. The maximum atomic E-state index is 13.3. The molecule has 1 aliphatic heterocycles. The maximum absolute atomic E-state index is 13.3. The summed E-state index contributed by atoms with van der Waals surface area (Å²) in [5, 5.41) is 0. The predicted molar refractivity (Wildman–Crippen MR) is 175 cm³/mol. The predicted octanol–water partition coefficient (Wildman–Crippen LogP) is 7.61. The van der Waals surface area contributed by atoms with E-state index in [2.05, 4.69) is 15.9 Å². The number of anilines is 1. The molecule has 5 aromatic rings. The molecule has 0 atom stereocenters. The number of hydrogen-bond donors (Lipinski definition) is 0. The van der Waals surface area contributed by atoms with E-state index in [0.29, 0.717) is 17.1 Å². The summed E-state index contributed by atoms with van der Waals surface area (Å²) in [7, 11) is 0. The molecule has 9 nitrogen and oxygen atoms in total. The molecule has 10 heteroatoms. The average Bonchev–Trinajstić information content (AvgIpc) is 3.33. The molecule has 0 spiro atoms. The molecule has 0 fully saturated rings. The molecule has 0 saturated heterocycles. The van der Waals surface area contributed by atoms with E-state index in [1.54, 1.807) is 42.5 Å². The molecule has 0 saturated carbocycles. The minimum absolute atomic E-state index is 0.0458. The molecular formula is C37H24BrNO8. The lowest BCUT2D eigenvalue weighted by molar-refractivity contribution is 0.0474. The van der Waals surface area contributed by atoms with Crippen LogP contribution < -0.4 is 14.4 Å². The number of ether oxygens (including phenoxy) is 3. The van der Waals surface area contributed by atoms with Crippen molar-refractivity contribution in [3.05, 3.63) is 153 Å². The van der Waals surface area contributed by atoms with Crippen LogP contribution in [0.1, 0.15) is 57.4 Å². The number of amides is 2. The first-order valence-corrected chi connectivity index (χ1v) is 15.1. The number of aryl methyl sites for hydroxylation is 1. The van der Waals surface area contributed by atoms with Crippen LogP contribution in [0.5, 0.6) is 17.2 Å². The van der Waals surface area contributed by atoms with Crippen molar-refractivity contribution in [1.82, 2.24) is 0 Å². The van der Waals surface area contributed by atoms with Gasteiger partial charge in [0, 0.05) is 10.0 Å². The van der Waals surface area contributed by atoms with Crippen molar-refractivity contribution in [3.63, 3.8) is 0 Å². The van der Waals surface area contributed by atoms with Gasteiger partial charge in [0.05, 0.1) is 27.9 Å². The zero-order valence-electron chi connectivity index (χ0n) is 24.8. The summed E-state index contributed by atoms with van der Waals surface area (Å²) in [4.78, 5) is 65.4. The largest absolute Gasteiger partial charge is 0.457 e. The van der Waals surface area contributed by atoms with Crippen molar-refractivity contribution in [3.8, 4) is 17.2 Å². The van der Waals surface area contributed by atoms with Crippen LogP contribution in [0.2, 0.25) is 0 Å². The van der Waals surface area contributed by atoms with E-state index in [4.69, 9.17) is 14.2 Å². The Bertz CT molecular complexity index is 2040. The Morgan fingerprint density at radius 2 is 1.28 bits per heavy atom. The summed E-state index contributed by atoms with van der Waals surface area (Å²) in [6.07, 6.45) is 0. The number of halogens is 1. The summed E-state index contributed by atoms with van der Waals surface area (Å²) in [5.74, 6) is -1.75. The van der Waals surface area contributed by atoms with Crippen LogP contribution in [0.25, 0.3) is 0 Å². The molecule has 232 valence electrons. The number of hydrogen-bond acceptors (Lipinski definition) is 8. The molecule has 2 amide bonds. The van der Waals surface area contributed by atoms with E-state index < -0.39 is 36.1 Å². The van der Waals surface area contributed by atoms with Crippen molar-refractivity contribution in [2.24, 2.45) is 0 Å². The Kier molecular flexibility index (Phi) is 8.77. The number of carbonyl (C=O) groups is 5. The van der Waals surface area contributed by atoms with Crippen LogP contribution in [0, 0.1) is 6.92 Å². The van der Waals surface area contributed by atoms with Crippen LogP contribution in [0.3, 0.4) is 0 Å². The number of rotatable bonds is 9. The van der Waals surface area contributed by atoms with E-state index in [1.807, 2.05) is 19.1 Å². The summed E-state index contributed by atoms with van der Waals surface area (Å²) in [6, 6.07) is 30.4.